The van der Waals surface area contributed by atoms with Crippen LogP contribution in [0.5, 0.6) is 0 Å². The lowest BCUT2D eigenvalue weighted by Gasteiger charge is -2.33. The van der Waals surface area contributed by atoms with Crippen molar-refractivity contribution in [3.05, 3.63) is 23.8 Å². The van der Waals surface area contributed by atoms with Gasteiger partial charge in [0.25, 0.3) is 0 Å². The number of anilines is 2. The van der Waals surface area contributed by atoms with Crippen LogP contribution in [0.25, 0.3) is 0 Å². The molecule has 1 heterocycles. The molecule has 0 radical (unpaired) electrons. The minimum Gasteiger partial charge on any atom is -0.398 e. The van der Waals surface area contributed by atoms with Crippen molar-refractivity contribution in [3.63, 3.8) is 0 Å². The zero-order valence-electron chi connectivity index (χ0n) is 12.7. The molecular formula is C17H26N2O. The van der Waals surface area contributed by atoms with Gasteiger partial charge < -0.3 is 10.6 Å². The first-order valence-corrected chi connectivity index (χ1v) is 7.87. The summed E-state index contributed by atoms with van der Waals surface area (Å²) < 4.78 is 0. The second kappa shape index (κ2) is 6.78. The number of fused-ring (bicyclic) bond motifs is 1. The Morgan fingerprint density at radius 3 is 2.65 bits per heavy atom. The third kappa shape index (κ3) is 2.97. The summed E-state index contributed by atoms with van der Waals surface area (Å²) in [5.41, 5.74) is 9.07. The van der Waals surface area contributed by atoms with E-state index >= 15 is 0 Å². The van der Waals surface area contributed by atoms with Gasteiger partial charge in [0.2, 0.25) is 5.91 Å². The van der Waals surface area contributed by atoms with E-state index in [9.17, 15) is 4.79 Å². The molecular weight excluding hydrogens is 248 g/mol. The summed E-state index contributed by atoms with van der Waals surface area (Å²) in [5.74, 6) is 0.456. The van der Waals surface area contributed by atoms with E-state index in [-0.39, 0.29) is 5.92 Å². The van der Waals surface area contributed by atoms with Crippen LogP contribution in [0.2, 0.25) is 0 Å². The van der Waals surface area contributed by atoms with Crippen molar-refractivity contribution in [2.75, 3.05) is 17.2 Å². The minimum absolute atomic E-state index is 0.164. The van der Waals surface area contributed by atoms with Gasteiger partial charge in [0.1, 0.15) is 0 Å². The Morgan fingerprint density at radius 2 is 2.00 bits per heavy atom. The van der Waals surface area contributed by atoms with Gasteiger partial charge in [0.05, 0.1) is 0 Å². The monoisotopic (exact) mass is 274 g/mol. The zero-order valence-corrected chi connectivity index (χ0v) is 12.7. The lowest BCUT2D eigenvalue weighted by atomic mass is 9.93. The second-order valence-electron chi connectivity index (χ2n) is 5.71. The average Bonchev–Trinajstić information content (AvgIpc) is 2.46. The SMILES string of the molecule is CCCC(CCC)C(=O)N1CCCc2c(N)cccc21. The fourth-order valence-electron chi connectivity index (χ4n) is 3.19. The van der Waals surface area contributed by atoms with Gasteiger partial charge in [-0.25, -0.2) is 0 Å². The number of hydrogen-bond donors (Lipinski definition) is 1. The van der Waals surface area contributed by atoms with Crippen molar-refractivity contribution in [1.82, 2.24) is 0 Å². The number of nitrogens with two attached hydrogens (primary N) is 1. The third-order valence-electron chi connectivity index (χ3n) is 4.18. The van der Waals surface area contributed by atoms with Crippen LogP contribution < -0.4 is 10.6 Å². The molecule has 0 fully saturated rings. The number of nitrogens with zero attached hydrogens (tertiary/aromatic N) is 1. The molecule has 110 valence electrons. The molecule has 2 N–H and O–H groups in total. The highest BCUT2D eigenvalue weighted by atomic mass is 16.2. The number of amides is 1. The fourth-order valence-corrected chi connectivity index (χ4v) is 3.19. The molecule has 3 nitrogen and oxygen atoms in total. The molecule has 1 aromatic carbocycles. The number of rotatable bonds is 5. The van der Waals surface area contributed by atoms with E-state index in [0.29, 0.717) is 5.91 Å². The predicted octanol–water partition coefficient (Wildman–Crippen LogP) is 3.76. The lowest BCUT2D eigenvalue weighted by Crippen LogP contribution is -2.39. The van der Waals surface area contributed by atoms with E-state index in [1.165, 1.54) is 0 Å². The maximum absolute atomic E-state index is 12.8. The summed E-state index contributed by atoms with van der Waals surface area (Å²) in [7, 11) is 0. The topological polar surface area (TPSA) is 46.3 Å². The van der Waals surface area contributed by atoms with Gasteiger partial charge in [-0.2, -0.15) is 0 Å². The van der Waals surface area contributed by atoms with E-state index in [4.69, 9.17) is 5.73 Å². The Balaban J connectivity index is 2.25. The van der Waals surface area contributed by atoms with Crippen LogP contribution in [0.4, 0.5) is 11.4 Å². The van der Waals surface area contributed by atoms with Gasteiger partial charge in [-0.1, -0.05) is 32.8 Å². The number of carbonyl (C=O) groups is 1. The molecule has 3 heteroatoms. The summed E-state index contributed by atoms with van der Waals surface area (Å²) in [6.07, 6.45) is 6.10. The molecule has 0 saturated carbocycles. The molecule has 0 unspecified atom stereocenters. The molecule has 0 spiro atoms. The van der Waals surface area contributed by atoms with Crippen LogP contribution in [0.3, 0.4) is 0 Å². The molecule has 0 aromatic heterocycles. The van der Waals surface area contributed by atoms with Crippen LogP contribution in [0.15, 0.2) is 18.2 Å². The Morgan fingerprint density at radius 1 is 1.30 bits per heavy atom. The summed E-state index contributed by atoms with van der Waals surface area (Å²) in [5, 5.41) is 0. The van der Waals surface area contributed by atoms with E-state index in [1.54, 1.807) is 0 Å². The molecule has 1 aliphatic heterocycles. The highest BCUT2D eigenvalue weighted by Gasteiger charge is 2.28. The standard InChI is InChI=1S/C17H26N2O/c1-3-7-13(8-4-2)17(20)19-12-6-9-14-15(18)10-5-11-16(14)19/h5,10-11,13H,3-4,6-9,12,18H2,1-2H3. The molecule has 0 atom stereocenters. The van der Waals surface area contributed by atoms with Crippen molar-refractivity contribution in [3.8, 4) is 0 Å². The number of carbonyl (C=O) groups excluding carboxylic acids is 1. The van der Waals surface area contributed by atoms with E-state index in [0.717, 1.165) is 62.0 Å². The van der Waals surface area contributed by atoms with Gasteiger partial charge in [-0.3, -0.25) is 4.79 Å². The van der Waals surface area contributed by atoms with Gasteiger partial charge >= 0.3 is 0 Å². The Kier molecular flexibility index (Phi) is 5.05. The predicted molar refractivity (Wildman–Crippen MR) is 84.8 cm³/mol. The first-order valence-electron chi connectivity index (χ1n) is 7.87. The molecule has 0 saturated heterocycles. The summed E-state index contributed by atoms with van der Waals surface area (Å²) in [6, 6.07) is 5.93. The van der Waals surface area contributed by atoms with E-state index < -0.39 is 0 Å². The van der Waals surface area contributed by atoms with Gasteiger partial charge in [-0.15, -0.1) is 0 Å². The van der Waals surface area contributed by atoms with Crippen molar-refractivity contribution >= 4 is 17.3 Å². The summed E-state index contributed by atoms with van der Waals surface area (Å²) in [6.45, 7) is 5.13. The molecule has 0 bridgehead atoms. The van der Waals surface area contributed by atoms with Crippen molar-refractivity contribution in [2.24, 2.45) is 5.92 Å². The van der Waals surface area contributed by atoms with Gasteiger partial charge in [-0.05, 0) is 43.4 Å². The maximum Gasteiger partial charge on any atom is 0.230 e. The molecule has 1 amide bonds. The van der Waals surface area contributed by atoms with Crippen LogP contribution in [0, 0.1) is 5.92 Å². The second-order valence-corrected chi connectivity index (χ2v) is 5.71. The largest absolute Gasteiger partial charge is 0.398 e. The number of nitrogen functional groups attached to an aromatic ring is 1. The van der Waals surface area contributed by atoms with Crippen LogP contribution in [0.1, 0.15) is 51.5 Å². The number of hydrogen-bond acceptors (Lipinski definition) is 2. The van der Waals surface area contributed by atoms with E-state index in [1.807, 2.05) is 23.1 Å². The maximum atomic E-state index is 12.8. The van der Waals surface area contributed by atoms with Crippen molar-refractivity contribution in [2.45, 2.75) is 52.4 Å². The summed E-state index contributed by atoms with van der Waals surface area (Å²) >= 11 is 0. The Labute approximate surface area is 122 Å². The first kappa shape index (κ1) is 14.9. The smallest absolute Gasteiger partial charge is 0.230 e. The minimum atomic E-state index is 0.164. The quantitative estimate of drug-likeness (QED) is 0.831. The highest BCUT2D eigenvalue weighted by molar-refractivity contribution is 5.97. The van der Waals surface area contributed by atoms with Crippen LogP contribution >= 0.6 is 0 Å². The molecule has 1 aliphatic rings. The Hall–Kier alpha value is -1.51. The van der Waals surface area contributed by atoms with E-state index in [2.05, 4.69) is 13.8 Å². The van der Waals surface area contributed by atoms with Crippen molar-refractivity contribution < 1.29 is 4.79 Å². The highest BCUT2D eigenvalue weighted by Crippen LogP contribution is 2.33. The third-order valence-corrected chi connectivity index (χ3v) is 4.18. The van der Waals surface area contributed by atoms with Gasteiger partial charge in [0.15, 0.2) is 0 Å². The molecule has 2 rings (SSSR count). The normalized spacial score (nSPS) is 14.4. The molecule has 0 aliphatic carbocycles. The lowest BCUT2D eigenvalue weighted by molar-refractivity contribution is -0.122. The summed E-state index contributed by atoms with van der Waals surface area (Å²) in [4.78, 5) is 14.8. The Bertz CT molecular complexity index is 464. The molecule has 1 aromatic rings. The number of benzene rings is 1. The zero-order chi connectivity index (χ0) is 14.5. The fraction of sp³-hybridized carbons (Fsp3) is 0.588. The molecule has 20 heavy (non-hydrogen) atoms. The first-order chi connectivity index (χ1) is 9.69. The van der Waals surface area contributed by atoms with Gasteiger partial charge in [0, 0.05) is 23.8 Å². The van der Waals surface area contributed by atoms with Crippen molar-refractivity contribution in [1.29, 1.82) is 0 Å². The van der Waals surface area contributed by atoms with Crippen LogP contribution in [-0.4, -0.2) is 12.5 Å². The van der Waals surface area contributed by atoms with Crippen LogP contribution in [-0.2, 0) is 11.2 Å². The average molecular weight is 274 g/mol.